The Morgan fingerprint density at radius 1 is 1.17 bits per heavy atom. The molecule has 3 amide bonds. The molecule has 1 aliphatic heterocycles. The monoisotopic (exact) mass is 421 g/mol. The number of benzene rings is 1. The molecule has 30 heavy (non-hydrogen) atoms. The summed E-state index contributed by atoms with van der Waals surface area (Å²) in [5.41, 5.74) is 4.57. The number of methoxy groups -OCH3 is 1. The second-order valence-electron chi connectivity index (χ2n) is 8.01. The summed E-state index contributed by atoms with van der Waals surface area (Å²) in [6.45, 7) is 8.49. The smallest absolute Gasteiger partial charge is 0.410 e. The van der Waals surface area contributed by atoms with Crippen molar-refractivity contribution < 1.29 is 28.6 Å². The van der Waals surface area contributed by atoms with Crippen LogP contribution in [0.2, 0.25) is 0 Å². The molecule has 1 heterocycles. The van der Waals surface area contributed by atoms with Crippen LogP contribution in [0.4, 0.5) is 4.79 Å². The van der Waals surface area contributed by atoms with Gasteiger partial charge in [-0.05, 0) is 58.7 Å². The van der Waals surface area contributed by atoms with Gasteiger partial charge in [-0.2, -0.15) is 0 Å². The Hall–Kier alpha value is -2.97. The van der Waals surface area contributed by atoms with Gasteiger partial charge < -0.3 is 19.1 Å². The molecule has 0 bridgehead atoms. The summed E-state index contributed by atoms with van der Waals surface area (Å²) in [6, 6.07) is 4.76. The highest BCUT2D eigenvalue weighted by Gasteiger charge is 2.31. The summed E-state index contributed by atoms with van der Waals surface area (Å²) >= 11 is 0. The van der Waals surface area contributed by atoms with Gasteiger partial charge in [-0.25, -0.2) is 4.79 Å². The minimum atomic E-state index is -0.598. The molecule has 1 aromatic carbocycles. The predicted octanol–water partition coefficient (Wildman–Crippen LogP) is 2.50. The van der Waals surface area contributed by atoms with Crippen molar-refractivity contribution in [3.8, 4) is 11.5 Å². The first-order valence-corrected chi connectivity index (χ1v) is 10.0. The molecule has 1 unspecified atom stereocenters. The van der Waals surface area contributed by atoms with Gasteiger partial charge in [0.05, 0.1) is 19.6 Å². The Morgan fingerprint density at radius 3 is 2.53 bits per heavy atom. The van der Waals surface area contributed by atoms with Crippen molar-refractivity contribution in [2.75, 3.05) is 26.8 Å². The predicted molar refractivity (Wildman–Crippen MR) is 110 cm³/mol. The van der Waals surface area contributed by atoms with Crippen LogP contribution in [0.25, 0.3) is 0 Å². The van der Waals surface area contributed by atoms with Gasteiger partial charge in [-0.3, -0.25) is 20.4 Å². The second-order valence-corrected chi connectivity index (χ2v) is 8.01. The maximum atomic E-state index is 12.5. The Labute approximate surface area is 177 Å². The third kappa shape index (κ3) is 6.53. The van der Waals surface area contributed by atoms with E-state index in [1.165, 1.54) is 18.1 Å². The van der Waals surface area contributed by atoms with E-state index in [1.54, 1.807) is 32.9 Å². The molecule has 1 saturated heterocycles. The first kappa shape index (κ1) is 23.3. The van der Waals surface area contributed by atoms with Gasteiger partial charge in [-0.15, -0.1) is 0 Å². The zero-order chi connectivity index (χ0) is 22.3. The van der Waals surface area contributed by atoms with Crippen LogP contribution in [0.3, 0.4) is 0 Å². The van der Waals surface area contributed by atoms with Crippen LogP contribution < -0.4 is 20.3 Å². The lowest BCUT2D eigenvalue weighted by atomic mass is 9.98. The van der Waals surface area contributed by atoms with Crippen molar-refractivity contribution >= 4 is 17.9 Å². The number of hydrazine groups is 1. The van der Waals surface area contributed by atoms with E-state index in [0.29, 0.717) is 43.1 Å². The average molecular weight is 421 g/mol. The van der Waals surface area contributed by atoms with Crippen LogP contribution in [0.1, 0.15) is 50.9 Å². The van der Waals surface area contributed by atoms with Gasteiger partial charge in [0.2, 0.25) is 5.91 Å². The molecule has 1 atom stereocenters. The van der Waals surface area contributed by atoms with Crippen LogP contribution in [-0.4, -0.2) is 55.2 Å². The lowest BCUT2D eigenvalue weighted by molar-refractivity contribution is -0.127. The van der Waals surface area contributed by atoms with Crippen LogP contribution in [0, 0.1) is 5.92 Å². The fourth-order valence-corrected chi connectivity index (χ4v) is 3.06. The molecule has 0 saturated carbocycles. The number of piperidine rings is 1. The van der Waals surface area contributed by atoms with E-state index in [9.17, 15) is 14.4 Å². The fraction of sp³-hybridized carbons (Fsp3) is 0.571. The van der Waals surface area contributed by atoms with Gasteiger partial charge in [0.15, 0.2) is 11.5 Å². The lowest BCUT2D eigenvalue weighted by Gasteiger charge is -2.33. The van der Waals surface area contributed by atoms with E-state index in [-0.39, 0.29) is 12.5 Å². The van der Waals surface area contributed by atoms with E-state index >= 15 is 0 Å². The number of rotatable bonds is 5. The Morgan fingerprint density at radius 2 is 1.90 bits per heavy atom. The molecule has 0 aliphatic carbocycles. The molecule has 9 nitrogen and oxygen atoms in total. The van der Waals surface area contributed by atoms with Crippen molar-refractivity contribution in [3.63, 3.8) is 0 Å². The van der Waals surface area contributed by atoms with E-state index in [1.807, 2.05) is 6.92 Å². The average Bonchev–Trinajstić information content (AvgIpc) is 2.71. The van der Waals surface area contributed by atoms with Crippen LogP contribution in [0.15, 0.2) is 18.2 Å². The number of hydrogen-bond donors (Lipinski definition) is 2. The van der Waals surface area contributed by atoms with Gasteiger partial charge in [0.1, 0.15) is 5.60 Å². The van der Waals surface area contributed by atoms with Crippen molar-refractivity contribution in [1.29, 1.82) is 0 Å². The van der Waals surface area contributed by atoms with Gasteiger partial charge in [-0.1, -0.05) is 0 Å². The number of ether oxygens (including phenoxy) is 3. The molecule has 0 radical (unpaired) electrons. The number of nitrogens with one attached hydrogen (secondary N) is 2. The third-order valence-corrected chi connectivity index (χ3v) is 4.47. The highest BCUT2D eigenvalue weighted by atomic mass is 16.6. The second kappa shape index (κ2) is 10.2. The van der Waals surface area contributed by atoms with Crippen molar-refractivity contribution in [2.24, 2.45) is 5.92 Å². The molecule has 166 valence electrons. The largest absolute Gasteiger partial charge is 0.493 e. The quantitative estimate of drug-likeness (QED) is 0.708. The molecule has 1 aromatic rings. The number of amides is 3. The standard InChI is InChI=1S/C21H31N3O6/c1-6-29-16-10-9-14(12-17(16)28-5)18(25)22-23-19(26)15-8-7-11-24(13-15)20(27)30-21(2,3)4/h9-10,12,15H,6-8,11,13H2,1-5H3,(H,22,25)(H,23,26). The number of carbonyl (C=O) groups excluding carboxylic acids is 3. The van der Waals surface area contributed by atoms with Crippen molar-refractivity contribution in [1.82, 2.24) is 15.8 Å². The van der Waals surface area contributed by atoms with Gasteiger partial charge in [0.25, 0.3) is 5.91 Å². The summed E-state index contributed by atoms with van der Waals surface area (Å²) < 4.78 is 16.0. The first-order valence-electron chi connectivity index (χ1n) is 10.0. The molecular formula is C21H31N3O6. The zero-order valence-corrected chi connectivity index (χ0v) is 18.2. The maximum absolute atomic E-state index is 12.5. The highest BCUT2D eigenvalue weighted by Crippen LogP contribution is 2.28. The van der Waals surface area contributed by atoms with Crippen molar-refractivity contribution in [2.45, 2.75) is 46.1 Å². The minimum Gasteiger partial charge on any atom is -0.493 e. The summed E-state index contributed by atoms with van der Waals surface area (Å²) in [4.78, 5) is 38.7. The number of carbonyl (C=O) groups is 3. The summed E-state index contributed by atoms with van der Waals surface area (Å²) in [6.07, 6.45) is 0.865. The van der Waals surface area contributed by atoms with E-state index in [4.69, 9.17) is 14.2 Å². The Kier molecular flexibility index (Phi) is 7.91. The summed E-state index contributed by atoms with van der Waals surface area (Å²) in [7, 11) is 1.49. The van der Waals surface area contributed by atoms with E-state index in [0.717, 1.165) is 0 Å². The molecule has 2 rings (SSSR count). The SMILES string of the molecule is CCOc1ccc(C(=O)NNC(=O)C2CCCN(C(=O)OC(C)(C)C)C2)cc1OC. The summed E-state index contributed by atoms with van der Waals surface area (Å²) in [5, 5.41) is 0. The van der Waals surface area contributed by atoms with Crippen LogP contribution >= 0.6 is 0 Å². The van der Waals surface area contributed by atoms with E-state index in [2.05, 4.69) is 10.9 Å². The van der Waals surface area contributed by atoms with Crippen LogP contribution in [0.5, 0.6) is 11.5 Å². The summed E-state index contributed by atoms with van der Waals surface area (Å²) in [5.74, 6) is -0.304. The number of hydrogen-bond acceptors (Lipinski definition) is 6. The maximum Gasteiger partial charge on any atom is 0.410 e. The fourth-order valence-electron chi connectivity index (χ4n) is 3.06. The number of likely N-dealkylation sites (tertiary alicyclic amines) is 1. The minimum absolute atomic E-state index is 0.244. The van der Waals surface area contributed by atoms with Gasteiger partial charge >= 0.3 is 6.09 Å². The van der Waals surface area contributed by atoms with Crippen molar-refractivity contribution in [3.05, 3.63) is 23.8 Å². The topological polar surface area (TPSA) is 106 Å². The first-order chi connectivity index (χ1) is 14.1. The third-order valence-electron chi connectivity index (χ3n) is 4.47. The lowest BCUT2D eigenvalue weighted by Crippen LogP contribution is -2.50. The van der Waals surface area contributed by atoms with Crippen LogP contribution in [-0.2, 0) is 9.53 Å². The molecule has 1 fully saturated rings. The molecular weight excluding hydrogens is 390 g/mol. The Balaban J connectivity index is 1.91. The molecule has 2 N–H and O–H groups in total. The van der Waals surface area contributed by atoms with Gasteiger partial charge in [0, 0.05) is 18.7 Å². The Bertz CT molecular complexity index is 774. The highest BCUT2D eigenvalue weighted by molar-refractivity contribution is 5.96. The normalized spacial score (nSPS) is 16.4. The molecule has 1 aliphatic rings. The van der Waals surface area contributed by atoms with E-state index < -0.39 is 23.5 Å². The molecule has 0 aromatic heterocycles. The molecule has 9 heteroatoms. The number of nitrogens with zero attached hydrogens (tertiary/aromatic N) is 1. The zero-order valence-electron chi connectivity index (χ0n) is 18.2. The molecule has 0 spiro atoms.